The first-order valence-corrected chi connectivity index (χ1v) is 3.75. The Hall–Kier alpha value is -0.610. The number of carbonyl (C=O) groups is 2. The molecule has 1 unspecified atom stereocenters. The van der Waals surface area contributed by atoms with Crippen LogP contribution in [0.3, 0.4) is 0 Å². The maximum Gasteiger partial charge on any atom is 0.243 e. The maximum atomic E-state index is 11.1. The third-order valence-electron chi connectivity index (χ3n) is 2.52. The molecule has 5 heteroatoms. The first kappa shape index (κ1) is 9.48. The average molecular weight is 191 g/mol. The van der Waals surface area contributed by atoms with Crippen molar-refractivity contribution in [2.75, 3.05) is 0 Å². The van der Waals surface area contributed by atoms with Crippen LogP contribution in [0.15, 0.2) is 0 Å². The van der Waals surface area contributed by atoms with Gasteiger partial charge in [0, 0.05) is 0 Å². The molecule has 4 nitrogen and oxygen atoms in total. The minimum Gasteiger partial charge on any atom is -0.320 e. The molecule has 12 heavy (non-hydrogen) atoms. The summed E-state index contributed by atoms with van der Waals surface area (Å²) in [5.41, 5.74) is 5.24. The predicted octanol–water partition coefficient (Wildman–Crippen LogP) is -0.438. The Morgan fingerprint density at radius 1 is 1.42 bits per heavy atom. The van der Waals surface area contributed by atoms with Gasteiger partial charge in [0.05, 0.1) is 11.5 Å². The summed E-state index contributed by atoms with van der Waals surface area (Å²) in [7, 11) is 0. The molecule has 0 aromatic rings. The Labute approximate surface area is 76.3 Å². The van der Waals surface area contributed by atoms with Gasteiger partial charge in [-0.2, -0.15) is 0 Å². The van der Waals surface area contributed by atoms with Crippen molar-refractivity contribution in [1.29, 1.82) is 0 Å². The molecule has 0 bridgehead atoms. The number of hydrogen-bond donors (Lipinski definition) is 2. The van der Waals surface area contributed by atoms with E-state index in [9.17, 15) is 9.59 Å². The summed E-state index contributed by atoms with van der Waals surface area (Å²) in [5.74, 6) is -0.447. The van der Waals surface area contributed by atoms with E-state index in [1.54, 1.807) is 0 Å². The molecular formula is C7H11ClN2O2. The molecule has 0 radical (unpaired) electrons. The largest absolute Gasteiger partial charge is 0.320 e. The highest BCUT2D eigenvalue weighted by Crippen LogP contribution is 2.50. The number of halogens is 1. The second-order valence-electron chi connectivity index (χ2n) is 3.41. The van der Waals surface area contributed by atoms with Crippen molar-refractivity contribution in [3.8, 4) is 0 Å². The molecular weight excluding hydrogens is 180 g/mol. The number of piperidine rings is 1. The Morgan fingerprint density at radius 2 is 2.00 bits per heavy atom. The van der Waals surface area contributed by atoms with Gasteiger partial charge >= 0.3 is 0 Å². The Bertz CT molecular complexity index is 238. The smallest absolute Gasteiger partial charge is 0.243 e. The first-order valence-electron chi connectivity index (χ1n) is 3.75. The predicted molar refractivity (Wildman–Crippen MR) is 44.7 cm³/mol. The lowest BCUT2D eigenvalue weighted by Gasteiger charge is -2.24. The van der Waals surface area contributed by atoms with Gasteiger partial charge in [-0.05, 0) is 19.3 Å². The number of nitrogens with one attached hydrogen (secondary N) is 1. The number of imide groups is 1. The van der Waals surface area contributed by atoms with Crippen molar-refractivity contribution in [2.45, 2.75) is 25.3 Å². The van der Waals surface area contributed by atoms with E-state index in [2.05, 4.69) is 5.32 Å². The zero-order chi connectivity index (χ0) is 8.06. The van der Waals surface area contributed by atoms with Crippen LogP contribution in [0.5, 0.6) is 0 Å². The SMILES string of the molecule is Cl.NC1CC2(CC2)C(=O)NC1=O. The summed E-state index contributed by atoms with van der Waals surface area (Å²) in [4.78, 5) is 22.0. The molecule has 1 aliphatic carbocycles. The molecule has 0 aromatic carbocycles. The monoisotopic (exact) mass is 190 g/mol. The lowest BCUT2D eigenvalue weighted by atomic mass is 9.92. The average Bonchev–Trinajstić information content (AvgIpc) is 2.66. The number of nitrogens with two attached hydrogens (primary N) is 1. The molecule has 1 heterocycles. The Balaban J connectivity index is 0.000000720. The van der Waals surface area contributed by atoms with Crippen LogP contribution in [0.4, 0.5) is 0 Å². The molecule has 1 saturated heterocycles. The lowest BCUT2D eigenvalue weighted by molar-refractivity contribution is -0.138. The fourth-order valence-corrected chi connectivity index (χ4v) is 1.53. The quantitative estimate of drug-likeness (QED) is 0.509. The van der Waals surface area contributed by atoms with Crippen molar-refractivity contribution < 1.29 is 9.59 Å². The van der Waals surface area contributed by atoms with Crippen molar-refractivity contribution in [3.05, 3.63) is 0 Å². The van der Waals surface area contributed by atoms with E-state index in [-0.39, 0.29) is 29.6 Å². The topological polar surface area (TPSA) is 72.2 Å². The van der Waals surface area contributed by atoms with Crippen LogP contribution >= 0.6 is 12.4 Å². The molecule has 1 atom stereocenters. The Kier molecular flexibility index (Phi) is 2.14. The zero-order valence-electron chi connectivity index (χ0n) is 6.50. The third kappa shape index (κ3) is 1.21. The minimum absolute atomic E-state index is 0. The normalized spacial score (nSPS) is 30.9. The van der Waals surface area contributed by atoms with Crippen LogP contribution in [0, 0.1) is 5.41 Å². The number of hydrogen-bond acceptors (Lipinski definition) is 3. The summed E-state index contributed by atoms with van der Waals surface area (Å²) in [6.07, 6.45) is 2.32. The highest BCUT2D eigenvalue weighted by molar-refractivity contribution is 6.04. The van der Waals surface area contributed by atoms with Crippen LogP contribution < -0.4 is 11.1 Å². The fraction of sp³-hybridized carbons (Fsp3) is 0.714. The van der Waals surface area contributed by atoms with Gasteiger partial charge in [-0.25, -0.2) is 0 Å². The van der Waals surface area contributed by atoms with Crippen molar-refractivity contribution in [3.63, 3.8) is 0 Å². The van der Waals surface area contributed by atoms with Gasteiger partial charge in [0.2, 0.25) is 11.8 Å². The highest BCUT2D eigenvalue weighted by Gasteiger charge is 2.54. The number of carbonyl (C=O) groups excluding carboxylic acids is 2. The molecule has 3 N–H and O–H groups in total. The van der Waals surface area contributed by atoms with Crippen LogP contribution in [0.1, 0.15) is 19.3 Å². The molecule has 1 spiro atoms. The molecule has 2 amide bonds. The Morgan fingerprint density at radius 3 is 2.50 bits per heavy atom. The van der Waals surface area contributed by atoms with E-state index in [0.717, 1.165) is 12.8 Å². The minimum atomic E-state index is -0.477. The molecule has 2 fully saturated rings. The van der Waals surface area contributed by atoms with Crippen molar-refractivity contribution >= 4 is 24.2 Å². The second-order valence-corrected chi connectivity index (χ2v) is 3.41. The second kappa shape index (κ2) is 2.71. The van der Waals surface area contributed by atoms with Gasteiger partial charge in [0.1, 0.15) is 0 Å². The van der Waals surface area contributed by atoms with Crippen LogP contribution in [-0.2, 0) is 9.59 Å². The van der Waals surface area contributed by atoms with Gasteiger partial charge < -0.3 is 5.73 Å². The molecule has 2 rings (SSSR count). The summed E-state index contributed by atoms with van der Waals surface area (Å²) in [6.45, 7) is 0. The van der Waals surface area contributed by atoms with Gasteiger partial charge in [-0.15, -0.1) is 12.4 Å². The van der Waals surface area contributed by atoms with Crippen LogP contribution in [-0.4, -0.2) is 17.9 Å². The van der Waals surface area contributed by atoms with Crippen LogP contribution in [0.2, 0.25) is 0 Å². The summed E-state index contributed by atoms with van der Waals surface area (Å²) >= 11 is 0. The lowest BCUT2D eigenvalue weighted by Crippen LogP contribution is -2.53. The zero-order valence-corrected chi connectivity index (χ0v) is 7.32. The first-order chi connectivity index (χ1) is 5.14. The van der Waals surface area contributed by atoms with E-state index < -0.39 is 6.04 Å². The van der Waals surface area contributed by atoms with Gasteiger partial charge in [0.15, 0.2) is 0 Å². The molecule has 0 aromatic heterocycles. The molecule has 1 saturated carbocycles. The third-order valence-corrected chi connectivity index (χ3v) is 2.52. The highest BCUT2D eigenvalue weighted by atomic mass is 35.5. The number of amides is 2. The van der Waals surface area contributed by atoms with E-state index in [1.165, 1.54) is 0 Å². The molecule has 68 valence electrons. The van der Waals surface area contributed by atoms with Crippen molar-refractivity contribution in [2.24, 2.45) is 11.1 Å². The van der Waals surface area contributed by atoms with Crippen molar-refractivity contribution in [1.82, 2.24) is 5.32 Å². The summed E-state index contributed by atoms with van der Waals surface area (Å²) < 4.78 is 0. The molecule has 1 aliphatic heterocycles. The standard InChI is InChI=1S/C7H10N2O2.ClH/c8-4-3-7(1-2-7)6(11)9-5(4)10;/h4H,1-3,8H2,(H,9,10,11);1H. The van der Waals surface area contributed by atoms with Gasteiger partial charge in [-0.1, -0.05) is 0 Å². The van der Waals surface area contributed by atoms with Crippen LogP contribution in [0.25, 0.3) is 0 Å². The van der Waals surface area contributed by atoms with Gasteiger partial charge in [0.25, 0.3) is 0 Å². The van der Waals surface area contributed by atoms with E-state index in [1.807, 2.05) is 0 Å². The fourth-order valence-electron chi connectivity index (χ4n) is 1.53. The van der Waals surface area contributed by atoms with E-state index >= 15 is 0 Å². The summed E-state index contributed by atoms with van der Waals surface area (Å²) in [5, 5.41) is 2.28. The summed E-state index contributed by atoms with van der Waals surface area (Å²) in [6, 6.07) is -0.477. The van der Waals surface area contributed by atoms with E-state index in [4.69, 9.17) is 5.73 Å². The van der Waals surface area contributed by atoms with Gasteiger partial charge in [-0.3, -0.25) is 14.9 Å². The molecule has 2 aliphatic rings. The van der Waals surface area contributed by atoms with E-state index in [0.29, 0.717) is 6.42 Å². The number of rotatable bonds is 0. The maximum absolute atomic E-state index is 11.1.